The minimum Gasteiger partial charge on any atom is -0.308 e. The first-order chi connectivity index (χ1) is 8.69. The van der Waals surface area contributed by atoms with Crippen LogP contribution in [-0.2, 0) is 6.54 Å². The van der Waals surface area contributed by atoms with Crippen molar-refractivity contribution in [3.8, 4) is 0 Å². The number of anilines is 1. The molecule has 0 radical (unpaired) electrons. The molecule has 3 N–H and O–H groups in total. The van der Waals surface area contributed by atoms with Crippen LogP contribution < -0.4 is 11.3 Å². The minimum absolute atomic E-state index is 0.656. The molecule has 0 spiro atoms. The molecule has 0 unspecified atom stereocenters. The molecule has 0 atom stereocenters. The van der Waals surface area contributed by atoms with Gasteiger partial charge in [0.1, 0.15) is 5.82 Å². The summed E-state index contributed by atoms with van der Waals surface area (Å²) in [4.78, 5) is 9.23. The Labute approximate surface area is 109 Å². The average molecular weight is 249 g/mol. The molecule has 1 fully saturated rings. The van der Waals surface area contributed by atoms with Crippen LogP contribution >= 0.6 is 0 Å². The number of hydrazine groups is 1. The number of hydrogen-bond donors (Lipinski definition) is 2. The summed E-state index contributed by atoms with van der Waals surface area (Å²) in [6.45, 7) is 10.1. The lowest BCUT2D eigenvalue weighted by atomic mass is 10.2. The second-order valence-corrected chi connectivity index (χ2v) is 5.10. The summed E-state index contributed by atoms with van der Waals surface area (Å²) in [5.41, 5.74) is 3.79. The molecule has 0 aromatic carbocycles. The van der Waals surface area contributed by atoms with Gasteiger partial charge in [-0.2, -0.15) is 0 Å². The van der Waals surface area contributed by atoms with Gasteiger partial charge >= 0.3 is 0 Å². The van der Waals surface area contributed by atoms with Crippen LogP contribution in [-0.4, -0.2) is 47.0 Å². The monoisotopic (exact) mass is 249 g/mol. The van der Waals surface area contributed by atoms with E-state index in [2.05, 4.69) is 40.1 Å². The van der Waals surface area contributed by atoms with Crippen LogP contribution in [0.5, 0.6) is 0 Å². The molecule has 5 nitrogen and oxygen atoms in total. The first kappa shape index (κ1) is 13.3. The molecule has 0 bridgehead atoms. The van der Waals surface area contributed by atoms with Crippen LogP contribution in [0, 0.1) is 0 Å². The molecular formula is C13H23N5. The average Bonchev–Trinajstić information content (AvgIpc) is 2.40. The van der Waals surface area contributed by atoms with Crippen LogP contribution in [0.2, 0.25) is 0 Å². The topological polar surface area (TPSA) is 57.4 Å². The van der Waals surface area contributed by atoms with E-state index in [-0.39, 0.29) is 0 Å². The molecule has 0 amide bonds. The van der Waals surface area contributed by atoms with Gasteiger partial charge in [0, 0.05) is 45.0 Å². The number of piperazine rings is 1. The summed E-state index contributed by atoms with van der Waals surface area (Å²) in [6, 6.07) is 4.65. The SMILES string of the molecule is CC(C)N1CCN(Cc2ccc(NN)nc2)CC1. The largest absolute Gasteiger partial charge is 0.308 e. The fraction of sp³-hybridized carbons (Fsp3) is 0.615. The maximum Gasteiger partial charge on any atom is 0.139 e. The number of nitrogens with one attached hydrogen (secondary N) is 1. The third kappa shape index (κ3) is 3.41. The van der Waals surface area contributed by atoms with Gasteiger partial charge in [-0.05, 0) is 25.5 Å². The molecule has 5 heteroatoms. The summed E-state index contributed by atoms with van der Waals surface area (Å²) in [5.74, 6) is 6.01. The zero-order chi connectivity index (χ0) is 13.0. The molecule has 1 aromatic heterocycles. The number of nitrogens with zero attached hydrogens (tertiary/aromatic N) is 3. The summed E-state index contributed by atoms with van der Waals surface area (Å²) in [6.07, 6.45) is 1.89. The predicted octanol–water partition coefficient (Wildman–Crippen LogP) is 0.893. The van der Waals surface area contributed by atoms with Gasteiger partial charge in [-0.3, -0.25) is 9.80 Å². The van der Waals surface area contributed by atoms with Crippen molar-refractivity contribution in [1.82, 2.24) is 14.8 Å². The molecule has 1 aliphatic heterocycles. The van der Waals surface area contributed by atoms with E-state index in [9.17, 15) is 0 Å². The second kappa shape index (κ2) is 6.13. The molecule has 18 heavy (non-hydrogen) atoms. The smallest absolute Gasteiger partial charge is 0.139 e. The van der Waals surface area contributed by atoms with Crippen LogP contribution in [0.1, 0.15) is 19.4 Å². The molecule has 1 aromatic rings. The molecule has 1 aliphatic rings. The fourth-order valence-electron chi connectivity index (χ4n) is 2.30. The molecule has 0 aliphatic carbocycles. The van der Waals surface area contributed by atoms with Crippen molar-refractivity contribution in [3.63, 3.8) is 0 Å². The predicted molar refractivity (Wildman–Crippen MR) is 74.0 cm³/mol. The second-order valence-electron chi connectivity index (χ2n) is 5.10. The van der Waals surface area contributed by atoms with Crippen LogP contribution in [0.15, 0.2) is 18.3 Å². The number of aromatic nitrogens is 1. The highest BCUT2D eigenvalue weighted by Gasteiger charge is 2.18. The van der Waals surface area contributed by atoms with Gasteiger partial charge in [0.25, 0.3) is 0 Å². The number of pyridine rings is 1. The Balaban J connectivity index is 1.83. The zero-order valence-corrected chi connectivity index (χ0v) is 11.3. The van der Waals surface area contributed by atoms with Gasteiger partial charge in [0.15, 0.2) is 0 Å². The van der Waals surface area contributed by atoms with Crippen molar-refractivity contribution >= 4 is 5.82 Å². The van der Waals surface area contributed by atoms with Crippen molar-refractivity contribution in [3.05, 3.63) is 23.9 Å². The summed E-state index contributed by atoms with van der Waals surface area (Å²) < 4.78 is 0. The van der Waals surface area contributed by atoms with Gasteiger partial charge in [0.2, 0.25) is 0 Å². The van der Waals surface area contributed by atoms with E-state index in [0.29, 0.717) is 11.9 Å². The van der Waals surface area contributed by atoms with E-state index >= 15 is 0 Å². The first-order valence-electron chi connectivity index (χ1n) is 6.57. The number of rotatable bonds is 4. The highest BCUT2D eigenvalue weighted by molar-refractivity contribution is 5.33. The zero-order valence-electron chi connectivity index (χ0n) is 11.3. The van der Waals surface area contributed by atoms with Gasteiger partial charge < -0.3 is 5.43 Å². The Kier molecular flexibility index (Phi) is 4.52. The lowest BCUT2D eigenvalue weighted by molar-refractivity contribution is 0.104. The Bertz CT molecular complexity index is 354. The first-order valence-corrected chi connectivity index (χ1v) is 6.57. The van der Waals surface area contributed by atoms with Gasteiger partial charge in [-0.25, -0.2) is 10.8 Å². The maximum absolute atomic E-state index is 5.30. The Hall–Kier alpha value is -1.17. The standard InChI is InChI=1S/C13H23N5/c1-11(2)18-7-5-17(6-8-18)10-12-3-4-13(16-14)15-9-12/h3-4,9,11H,5-8,10,14H2,1-2H3,(H,15,16). The van der Waals surface area contributed by atoms with Crippen LogP contribution in [0.25, 0.3) is 0 Å². The van der Waals surface area contributed by atoms with Crippen LogP contribution in [0.4, 0.5) is 5.82 Å². The lowest BCUT2D eigenvalue weighted by Gasteiger charge is -2.36. The van der Waals surface area contributed by atoms with Crippen molar-refractivity contribution in [2.45, 2.75) is 26.4 Å². The quantitative estimate of drug-likeness (QED) is 0.613. The third-order valence-electron chi connectivity index (χ3n) is 3.52. The van der Waals surface area contributed by atoms with Gasteiger partial charge in [-0.1, -0.05) is 6.07 Å². The Morgan fingerprint density at radius 2 is 2.00 bits per heavy atom. The van der Waals surface area contributed by atoms with Crippen LogP contribution in [0.3, 0.4) is 0 Å². The highest BCUT2D eigenvalue weighted by Crippen LogP contribution is 2.11. The van der Waals surface area contributed by atoms with Crippen molar-refractivity contribution < 1.29 is 0 Å². The van der Waals surface area contributed by atoms with E-state index in [4.69, 9.17) is 5.84 Å². The number of nitrogen functional groups attached to an aromatic ring is 1. The minimum atomic E-state index is 0.656. The maximum atomic E-state index is 5.30. The number of nitrogens with two attached hydrogens (primary N) is 1. The Morgan fingerprint density at radius 3 is 2.50 bits per heavy atom. The van der Waals surface area contributed by atoms with E-state index in [0.717, 1.165) is 32.7 Å². The van der Waals surface area contributed by atoms with E-state index < -0.39 is 0 Å². The van der Waals surface area contributed by atoms with E-state index in [1.165, 1.54) is 5.56 Å². The van der Waals surface area contributed by atoms with E-state index in [1.807, 2.05) is 12.3 Å². The molecule has 1 saturated heterocycles. The summed E-state index contributed by atoms with van der Waals surface area (Å²) in [7, 11) is 0. The molecule has 2 rings (SSSR count). The fourth-order valence-corrected chi connectivity index (χ4v) is 2.30. The summed E-state index contributed by atoms with van der Waals surface area (Å²) in [5, 5.41) is 0. The molecule has 100 valence electrons. The summed E-state index contributed by atoms with van der Waals surface area (Å²) >= 11 is 0. The highest BCUT2D eigenvalue weighted by atomic mass is 15.3. The third-order valence-corrected chi connectivity index (χ3v) is 3.52. The molecular weight excluding hydrogens is 226 g/mol. The number of hydrogen-bond acceptors (Lipinski definition) is 5. The van der Waals surface area contributed by atoms with E-state index in [1.54, 1.807) is 0 Å². The van der Waals surface area contributed by atoms with Gasteiger partial charge in [0.05, 0.1) is 0 Å². The van der Waals surface area contributed by atoms with Gasteiger partial charge in [-0.15, -0.1) is 0 Å². The Morgan fingerprint density at radius 1 is 1.28 bits per heavy atom. The molecule has 0 saturated carbocycles. The molecule has 2 heterocycles. The van der Waals surface area contributed by atoms with Crippen molar-refractivity contribution in [2.75, 3.05) is 31.6 Å². The lowest BCUT2D eigenvalue weighted by Crippen LogP contribution is -2.48. The van der Waals surface area contributed by atoms with Crippen molar-refractivity contribution in [2.24, 2.45) is 5.84 Å². The normalized spacial score (nSPS) is 18.2. The van der Waals surface area contributed by atoms with Crippen molar-refractivity contribution in [1.29, 1.82) is 0 Å².